The first-order valence-electron chi connectivity index (χ1n) is 9.02. The quantitative estimate of drug-likeness (QED) is 0.531. The Morgan fingerprint density at radius 1 is 0.964 bits per heavy atom. The number of carbonyl (C=O) groups excluding carboxylic acids is 2. The van der Waals surface area contributed by atoms with Crippen LogP contribution in [0.15, 0.2) is 30.3 Å². The molecule has 4 rings (SSSR count). The molecule has 4 nitrogen and oxygen atoms in total. The molecule has 146 valence electrons. The highest BCUT2D eigenvalue weighted by molar-refractivity contribution is 7.21. The third-order valence-corrected chi connectivity index (χ3v) is 7.96. The normalized spacial score (nSPS) is 14.7. The topological polar surface area (TPSA) is 40.6 Å². The summed E-state index contributed by atoms with van der Waals surface area (Å²) in [5, 5.41) is 1.94. The summed E-state index contributed by atoms with van der Waals surface area (Å²) in [7, 11) is 0. The molecule has 0 bridgehead atoms. The Labute approximate surface area is 181 Å². The summed E-state index contributed by atoms with van der Waals surface area (Å²) in [5.41, 5.74) is 0. The number of rotatable bonds is 3. The minimum atomic E-state index is -0.0844. The van der Waals surface area contributed by atoms with Crippen LogP contribution < -0.4 is 0 Å². The van der Waals surface area contributed by atoms with E-state index in [1.165, 1.54) is 16.2 Å². The van der Waals surface area contributed by atoms with E-state index in [1.807, 2.05) is 29.2 Å². The molecule has 8 heteroatoms. The Bertz CT molecular complexity index is 1050. The first-order valence-corrected chi connectivity index (χ1v) is 11.4. The van der Waals surface area contributed by atoms with Gasteiger partial charge in [-0.3, -0.25) is 9.59 Å². The molecule has 3 heterocycles. The molecule has 1 fully saturated rings. The van der Waals surface area contributed by atoms with Crippen LogP contribution in [0.25, 0.3) is 10.1 Å². The summed E-state index contributed by atoms with van der Waals surface area (Å²) in [5.74, 6) is -0.0369. The fraction of sp³-hybridized carbons (Fsp3) is 0.300. The van der Waals surface area contributed by atoms with Crippen molar-refractivity contribution in [1.82, 2.24) is 9.80 Å². The van der Waals surface area contributed by atoms with Gasteiger partial charge in [-0.2, -0.15) is 0 Å². The van der Waals surface area contributed by atoms with Crippen LogP contribution in [0.2, 0.25) is 10.0 Å². The van der Waals surface area contributed by atoms with Gasteiger partial charge in [-0.25, -0.2) is 0 Å². The van der Waals surface area contributed by atoms with Crippen molar-refractivity contribution in [3.63, 3.8) is 0 Å². The van der Waals surface area contributed by atoms with Crippen molar-refractivity contribution in [3.8, 4) is 0 Å². The van der Waals surface area contributed by atoms with E-state index in [9.17, 15) is 9.59 Å². The minimum absolute atomic E-state index is 0.0475. The van der Waals surface area contributed by atoms with Gasteiger partial charge in [-0.1, -0.05) is 36.2 Å². The van der Waals surface area contributed by atoms with Crippen LogP contribution in [0.1, 0.15) is 31.1 Å². The second-order valence-corrected chi connectivity index (χ2v) is 9.62. The number of aryl methyl sites for hydroxylation is 1. The zero-order valence-corrected chi connectivity index (χ0v) is 18.4. The lowest BCUT2D eigenvalue weighted by Gasteiger charge is -2.34. The number of hydrogen-bond acceptors (Lipinski definition) is 4. The average molecular weight is 453 g/mol. The van der Waals surface area contributed by atoms with Crippen molar-refractivity contribution in [2.75, 3.05) is 26.2 Å². The van der Waals surface area contributed by atoms with Crippen LogP contribution in [0.4, 0.5) is 0 Å². The molecule has 0 spiro atoms. The van der Waals surface area contributed by atoms with Crippen molar-refractivity contribution >= 4 is 67.8 Å². The van der Waals surface area contributed by atoms with Crippen LogP contribution in [0.5, 0.6) is 0 Å². The molecule has 3 aromatic rings. The summed E-state index contributed by atoms with van der Waals surface area (Å²) in [6.45, 7) is 4.14. The predicted octanol–water partition coefficient (Wildman–Crippen LogP) is 5.43. The van der Waals surface area contributed by atoms with Gasteiger partial charge in [0.25, 0.3) is 11.8 Å². The van der Waals surface area contributed by atoms with Crippen LogP contribution in [-0.4, -0.2) is 47.8 Å². The van der Waals surface area contributed by atoms with E-state index < -0.39 is 0 Å². The van der Waals surface area contributed by atoms with E-state index in [2.05, 4.69) is 6.92 Å². The number of amides is 2. The molecule has 0 atom stereocenters. The first-order chi connectivity index (χ1) is 13.5. The molecule has 0 aliphatic carbocycles. The molecule has 0 saturated carbocycles. The fourth-order valence-electron chi connectivity index (χ4n) is 3.27. The van der Waals surface area contributed by atoms with Crippen molar-refractivity contribution < 1.29 is 9.59 Å². The van der Waals surface area contributed by atoms with Crippen LogP contribution in [0, 0.1) is 0 Å². The number of carbonyl (C=O) groups is 2. The average Bonchev–Trinajstić information content (AvgIpc) is 3.31. The second kappa shape index (κ2) is 8.03. The Morgan fingerprint density at radius 3 is 2.29 bits per heavy atom. The van der Waals surface area contributed by atoms with Crippen molar-refractivity contribution in [3.05, 3.63) is 55.0 Å². The molecular weight excluding hydrogens is 435 g/mol. The third-order valence-electron chi connectivity index (χ3n) is 4.86. The number of thiophene rings is 2. The highest BCUT2D eigenvalue weighted by Gasteiger charge is 2.28. The predicted molar refractivity (Wildman–Crippen MR) is 117 cm³/mol. The molecule has 0 radical (unpaired) electrons. The van der Waals surface area contributed by atoms with Crippen molar-refractivity contribution in [1.29, 1.82) is 0 Å². The maximum absolute atomic E-state index is 13.0. The molecule has 1 saturated heterocycles. The largest absolute Gasteiger partial charge is 0.334 e. The third kappa shape index (κ3) is 3.66. The van der Waals surface area contributed by atoms with Gasteiger partial charge in [0.2, 0.25) is 0 Å². The Hall–Kier alpha value is -1.60. The zero-order chi connectivity index (χ0) is 19.8. The lowest BCUT2D eigenvalue weighted by Crippen LogP contribution is -2.50. The Morgan fingerprint density at radius 2 is 1.64 bits per heavy atom. The first kappa shape index (κ1) is 19.7. The monoisotopic (exact) mass is 452 g/mol. The maximum Gasteiger partial charge on any atom is 0.265 e. The second-order valence-electron chi connectivity index (χ2n) is 6.59. The number of hydrogen-bond donors (Lipinski definition) is 0. The molecule has 1 aliphatic rings. The molecule has 2 aromatic heterocycles. The fourth-order valence-corrected chi connectivity index (χ4v) is 5.94. The number of piperazine rings is 1. The molecule has 28 heavy (non-hydrogen) atoms. The standard InChI is InChI=1S/C20H18Cl2N2O2S2/c1-2-13-4-6-15(27-13)19(25)23-7-9-24(10-8-23)20(26)18-17(22)14-5-3-12(21)11-16(14)28-18/h3-6,11H,2,7-10H2,1H3. The van der Waals surface area contributed by atoms with E-state index >= 15 is 0 Å². The van der Waals surface area contributed by atoms with Crippen LogP contribution >= 0.6 is 45.9 Å². The van der Waals surface area contributed by atoms with Crippen molar-refractivity contribution in [2.24, 2.45) is 0 Å². The highest BCUT2D eigenvalue weighted by atomic mass is 35.5. The molecule has 0 unspecified atom stereocenters. The SMILES string of the molecule is CCc1ccc(C(=O)N2CCN(C(=O)c3sc4cc(Cl)ccc4c3Cl)CC2)s1. The molecule has 1 aliphatic heterocycles. The molecule has 1 aromatic carbocycles. The zero-order valence-electron chi connectivity index (χ0n) is 15.2. The molecule has 2 amide bonds. The van der Waals surface area contributed by atoms with Gasteiger partial charge in [0.1, 0.15) is 4.88 Å². The Balaban J connectivity index is 1.45. The highest BCUT2D eigenvalue weighted by Crippen LogP contribution is 2.37. The van der Waals surface area contributed by atoms with Crippen molar-refractivity contribution in [2.45, 2.75) is 13.3 Å². The van der Waals surface area contributed by atoms with Gasteiger partial charge in [-0.15, -0.1) is 22.7 Å². The smallest absolute Gasteiger partial charge is 0.265 e. The van der Waals surface area contributed by atoms with Crippen LogP contribution in [0.3, 0.4) is 0 Å². The van der Waals surface area contributed by atoms with Gasteiger partial charge in [-0.05, 0) is 30.7 Å². The Kier molecular flexibility index (Phi) is 5.65. The van der Waals surface area contributed by atoms with E-state index in [-0.39, 0.29) is 11.8 Å². The number of benzene rings is 1. The van der Waals surface area contributed by atoms with E-state index in [0.717, 1.165) is 21.4 Å². The minimum Gasteiger partial charge on any atom is -0.334 e. The number of fused-ring (bicyclic) bond motifs is 1. The van der Waals surface area contributed by atoms with Gasteiger partial charge < -0.3 is 9.80 Å². The van der Waals surface area contributed by atoms with E-state index in [0.29, 0.717) is 41.1 Å². The van der Waals surface area contributed by atoms with E-state index in [1.54, 1.807) is 22.3 Å². The maximum atomic E-state index is 13.0. The van der Waals surface area contributed by atoms with Crippen LogP contribution in [-0.2, 0) is 6.42 Å². The van der Waals surface area contributed by atoms with Gasteiger partial charge >= 0.3 is 0 Å². The lowest BCUT2D eigenvalue weighted by molar-refractivity contribution is 0.0541. The van der Waals surface area contributed by atoms with Gasteiger partial charge in [0.05, 0.1) is 9.90 Å². The summed E-state index contributed by atoms with van der Waals surface area (Å²) >= 11 is 15.4. The molecule has 0 N–H and O–H groups in total. The van der Waals surface area contributed by atoms with Gasteiger partial charge in [0, 0.05) is 46.2 Å². The lowest BCUT2D eigenvalue weighted by atomic mass is 10.2. The summed E-state index contributed by atoms with van der Waals surface area (Å²) in [4.78, 5) is 31.8. The summed E-state index contributed by atoms with van der Waals surface area (Å²) in [6, 6.07) is 9.34. The number of halogens is 2. The number of nitrogens with zero attached hydrogens (tertiary/aromatic N) is 2. The molecular formula is C20H18Cl2N2O2S2. The van der Waals surface area contributed by atoms with E-state index in [4.69, 9.17) is 23.2 Å². The summed E-state index contributed by atoms with van der Waals surface area (Å²) < 4.78 is 0.902. The van der Waals surface area contributed by atoms with Gasteiger partial charge in [0.15, 0.2) is 0 Å². The summed E-state index contributed by atoms with van der Waals surface area (Å²) in [6.07, 6.45) is 0.932.